The zero-order valence-corrected chi connectivity index (χ0v) is 9.88. The third-order valence-corrected chi connectivity index (χ3v) is 2.71. The van der Waals surface area contributed by atoms with E-state index < -0.39 is 0 Å². The molecular formula is C12H10ClN3O. The van der Waals surface area contributed by atoms with Crippen LogP contribution in [0.1, 0.15) is 5.56 Å². The van der Waals surface area contributed by atoms with Gasteiger partial charge in [0.15, 0.2) is 0 Å². The number of methoxy groups -OCH3 is 1. The molecule has 0 fully saturated rings. The van der Waals surface area contributed by atoms with Gasteiger partial charge in [0.25, 0.3) is 0 Å². The van der Waals surface area contributed by atoms with Crippen LogP contribution < -0.4 is 10.5 Å². The lowest BCUT2D eigenvalue weighted by molar-refractivity contribution is 0.416. The molecule has 0 bridgehead atoms. The van der Waals surface area contributed by atoms with E-state index in [1.807, 2.05) is 0 Å². The zero-order valence-electron chi connectivity index (χ0n) is 9.12. The highest BCUT2D eigenvalue weighted by molar-refractivity contribution is 6.31. The van der Waals surface area contributed by atoms with E-state index in [0.717, 1.165) is 5.56 Å². The van der Waals surface area contributed by atoms with Gasteiger partial charge >= 0.3 is 0 Å². The largest absolute Gasteiger partial charge is 0.496 e. The number of benzene rings is 1. The maximum absolute atomic E-state index is 9.06. The number of nitrogens with zero attached hydrogens (tertiary/aromatic N) is 1. The molecule has 0 unspecified atom stereocenters. The van der Waals surface area contributed by atoms with Crippen LogP contribution in [0.15, 0.2) is 24.4 Å². The Labute approximate surface area is 104 Å². The number of nitrogens with one attached hydrogen (secondary N) is 1. The average Bonchev–Trinajstić information content (AvgIpc) is 2.70. The first-order valence-electron chi connectivity index (χ1n) is 4.88. The maximum Gasteiger partial charge on any atom is 0.126 e. The van der Waals surface area contributed by atoms with Crippen molar-refractivity contribution in [3.8, 4) is 22.9 Å². The Balaban J connectivity index is 2.68. The average molecular weight is 248 g/mol. The lowest BCUT2D eigenvalue weighted by Gasteiger charge is -2.07. The molecule has 2 rings (SSSR count). The minimum absolute atomic E-state index is 0.338. The van der Waals surface area contributed by atoms with E-state index in [-0.39, 0.29) is 0 Å². The van der Waals surface area contributed by atoms with Crippen LogP contribution in [0, 0.1) is 11.3 Å². The van der Waals surface area contributed by atoms with Gasteiger partial charge in [0.2, 0.25) is 0 Å². The highest BCUT2D eigenvalue weighted by Gasteiger charge is 2.14. The summed E-state index contributed by atoms with van der Waals surface area (Å²) in [4.78, 5) is 2.81. The standard InChI is InChI=1S/C12H10ClN3O/c1-17-11-3-2-7(13)4-8(11)10-6-16-12(15)9(10)5-14/h2-4,6,16H,15H2,1H3. The number of hydrogen-bond donors (Lipinski definition) is 2. The van der Waals surface area contributed by atoms with E-state index in [1.54, 1.807) is 31.5 Å². The molecule has 1 heterocycles. The number of H-pyrrole nitrogens is 1. The topological polar surface area (TPSA) is 74.8 Å². The van der Waals surface area contributed by atoms with Gasteiger partial charge in [0, 0.05) is 22.3 Å². The van der Waals surface area contributed by atoms with Crippen molar-refractivity contribution in [2.75, 3.05) is 12.8 Å². The Morgan fingerprint density at radius 1 is 1.41 bits per heavy atom. The SMILES string of the molecule is COc1ccc(Cl)cc1-c1c[nH]c(N)c1C#N. The Kier molecular flexibility index (Phi) is 2.94. The smallest absolute Gasteiger partial charge is 0.126 e. The molecule has 1 aromatic heterocycles. The molecule has 4 nitrogen and oxygen atoms in total. The summed E-state index contributed by atoms with van der Waals surface area (Å²) in [6.07, 6.45) is 1.67. The maximum atomic E-state index is 9.06. The molecule has 86 valence electrons. The minimum atomic E-state index is 0.338. The Bertz CT molecular complexity index is 598. The van der Waals surface area contributed by atoms with Gasteiger partial charge < -0.3 is 15.5 Å². The van der Waals surface area contributed by atoms with E-state index in [2.05, 4.69) is 11.1 Å². The molecule has 2 aromatic rings. The molecular weight excluding hydrogens is 238 g/mol. The first-order valence-corrected chi connectivity index (χ1v) is 5.26. The van der Waals surface area contributed by atoms with Crippen LogP contribution in [0.3, 0.4) is 0 Å². The van der Waals surface area contributed by atoms with Crippen molar-refractivity contribution in [1.82, 2.24) is 4.98 Å². The van der Waals surface area contributed by atoms with Crippen molar-refractivity contribution in [1.29, 1.82) is 5.26 Å². The quantitative estimate of drug-likeness (QED) is 0.857. The van der Waals surface area contributed by atoms with E-state index >= 15 is 0 Å². The number of hydrogen-bond acceptors (Lipinski definition) is 3. The van der Waals surface area contributed by atoms with Crippen LogP contribution in [0.4, 0.5) is 5.82 Å². The van der Waals surface area contributed by atoms with E-state index in [1.165, 1.54) is 0 Å². The van der Waals surface area contributed by atoms with Gasteiger partial charge in [-0.05, 0) is 18.2 Å². The summed E-state index contributed by atoms with van der Waals surface area (Å²) >= 11 is 5.95. The molecule has 0 saturated carbocycles. The van der Waals surface area contributed by atoms with E-state index in [4.69, 9.17) is 27.3 Å². The molecule has 5 heteroatoms. The van der Waals surface area contributed by atoms with Crippen molar-refractivity contribution >= 4 is 17.4 Å². The van der Waals surface area contributed by atoms with E-state index in [9.17, 15) is 0 Å². The molecule has 0 radical (unpaired) electrons. The second kappa shape index (κ2) is 4.40. The molecule has 0 aliphatic carbocycles. The fourth-order valence-electron chi connectivity index (χ4n) is 1.66. The summed E-state index contributed by atoms with van der Waals surface area (Å²) in [5, 5.41) is 9.63. The van der Waals surface area contributed by atoms with Crippen LogP contribution in [0.25, 0.3) is 11.1 Å². The number of aromatic nitrogens is 1. The molecule has 1 aromatic carbocycles. The summed E-state index contributed by atoms with van der Waals surface area (Å²) < 4.78 is 5.24. The van der Waals surface area contributed by atoms with Gasteiger partial charge in [-0.1, -0.05) is 11.6 Å². The predicted molar refractivity (Wildman–Crippen MR) is 66.9 cm³/mol. The van der Waals surface area contributed by atoms with Crippen molar-refractivity contribution in [2.45, 2.75) is 0 Å². The van der Waals surface area contributed by atoms with Gasteiger partial charge in [-0.25, -0.2) is 0 Å². The molecule has 0 atom stereocenters. The van der Waals surface area contributed by atoms with Crippen LogP contribution in [-0.4, -0.2) is 12.1 Å². The number of nitriles is 1. The van der Waals surface area contributed by atoms with Gasteiger partial charge in [-0.15, -0.1) is 0 Å². The Morgan fingerprint density at radius 2 is 2.18 bits per heavy atom. The lowest BCUT2D eigenvalue weighted by atomic mass is 10.0. The number of anilines is 1. The predicted octanol–water partition coefficient (Wildman–Crippen LogP) is 2.80. The number of aromatic amines is 1. The molecule has 0 aliphatic heterocycles. The number of halogens is 1. The number of rotatable bonds is 2. The molecule has 0 saturated heterocycles. The minimum Gasteiger partial charge on any atom is -0.496 e. The van der Waals surface area contributed by atoms with Gasteiger partial charge in [0.05, 0.1) is 7.11 Å². The van der Waals surface area contributed by atoms with Crippen molar-refractivity contribution < 1.29 is 4.74 Å². The van der Waals surface area contributed by atoms with E-state index in [0.29, 0.717) is 27.7 Å². The van der Waals surface area contributed by atoms with Crippen LogP contribution in [-0.2, 0) is 0 Å². The Hall–Kier alpha value is -2.12. The van der Waals surface area contributed by atoms with Crippen LogP contribution >= 0.6 is 11.6 Å². The molecule has 3 N–H and O–H groups in total. The third-order valence-electron chi connectivity index (χ3n) is 2.47. The summed E-state index contributed by atoms with van der Waals surface area (Å²) in [5.41, 5.74) is 7.49. The number of nitrogen functional groups attached to an aromatic ring is 1. The fourth-order valence-corrected chi connectivity index (χ4v) is 1.84. The zero-order chi connectivity index (χ0) is 12.4. The molecule has 17 heavy (non-hydrogen) atoms. The molecule has 0 amide bonds. The third kappa shape index (κ3) is 1.93. The van der Waals surface area contributed by atoms with Crippen LogP contribution in [0.2, 0.25) is 5.02 Å². The second-order valence-corrected chi connectivity index (χ2v) is 3.88. The van der Waals surface area contributed by atoms with Crippen molar-refractivity contribution in [3.05, 3.63) is 35.0 Å². The number of ether oxygens (including phenoxy) is 1. The summed E-state index contributed by atoms with van der Waals surface area (Å²) in [6, 6.07) is 7.28. The first kappa shape index (κ1) is 11.4. The number of nitrogens with two attached hydrogens (primary N) is 1. The Morgan fingerprint density at radius 3 is 2.82 bits per heavy atom. The summed E-state index contributed by atoms with van der Waals surface area (Å²) in [5.74, 6) is 0.981. The van der Waals surface area contributed by atoms with Crippen molar-refractivity contribution in [2.24, 2.45) is 0 Å². The lowest BCUT2D eigenvalue weighted by Crippen LogP contribution is -1.90. The summed E-state index contributed by atoms with van der Waals surface area (Å²) in [7, 11) is 1.56. The fraction of sp³-hybridized carbons (Fsp3) is 0.0833. The monoisotopic (exact) mass is 247 g/mol. The van der Waals surface area contributed by atoms with Crippen molar-refractivity contribution in [3.63, 3.8) is 0 Å². The summed E-state index contributed by atoms with van der Waals surface area (Å²) in [6.45, 7) is 0. The first-order chi connectivity index (χ1) is 8.17. The van der Waals surface area contributed by atoms with Gasteiger partial charge in [-0.3, -0.25) is 0 Å². The normalized spacial score (nSPS) is 9.94. The molecule has 0 spiro atoms. The molecule has 0 aliphatic rings. The second-order valence-electron chi connectivity index (χ2n) is 3.45. The van der Waals surface area contributed by atoms with Crippen LogP contribution in [0.5, 0.6) is 5.75 Å². The highest BCUT2D eigenvalue weighted by atomic mass is 35.5. The van der Waals surface area contributed by atoms with Gasteiger partial charge in [0.1, 0.15) is 23.2 Å². The van der Waals surface area contributed by atoms with Gasteiger partial charge in [-0.2, -0.15) is 5.26 Å². The highest BCUT2D eigenvalue weighted by Crippen LogP contribution is 2.35.